The maximum Gasteiger partial charge on any atom is 0.435 e. The van der Waals surface area contributed by atoms with E-state index < -0.39 is 24.1 Å². The highest BCUT2D eigenvalue weighted by molar-refractivity contribution is 14.1. The third-order valence-electron chi connectivity index (χ3n) is 6.58. The molecule has 0 radical (unpaired) electrons. The molecule has 2 atom stereocenters. The molecule has 2 amide bonds. The first-order chi connectivity index (χ1) is 19.4. The standard InChI is InChI=1S/C29H26ClF3IN3O3S/c1-16-13-19(28(29(31,32)33)14-24(37-40-28)18-7-10-20(30)11-8-18)9-12-23(16)36-26(38)21-5-4-6-22(34)25(21)27(39)35-17(2)15-41-3/h4-13,17H,14-15H2,1-3H3,(H,35,39)(H,36,38). The molecule has 1 aliphatic rings. The lowest BCUT2D eigenvalue weighted by Crippen LogP contribution is -2.42. The van der Waals surface area contributed by atoms with Gasteiger partial charge in [0.2, 0.25) is 0 Å². The Morgan fingerprint density at radius 3 is 2.49 bits per heavy atom. The molecule has 1 heterocycles. The average Bonchev–Trinajstić information content (AvgIpc) is 3.37. The summed E-state index contributed by atoms with van der Waals surface area (Å²) in [6, 6.07) is 15.1. The number of anilines is 1. The topological polar surface area (TPSA) is 79.8 Å². The first-order valence-electron chi connectivity index (χ1n) is 12.4. The molecule has 0 saturated carbocycles. The monoisotopic (exact) mass is 715 g/mol. The van der Waals surface area contributed by atoms with Crippen LogP contribution < -0.4 is 10.6 Å². The fourth-order valence-corrected chi connectivity index (χ4v) is 5.93. The van der Waals surface area contributed by atoms with Gasteiger partial charge in [-0.1, -0.05) is 41.0 Å². The van der Waals surface area contributed by atoms with Crippen LogP contribution >= 0.6 is 46.0 Å². The van der Waals surface area contributed by atoms with E-state index in [2.05, 4.69) is 15.8 Å². The minimum atomic E-state index is -4.78. The van der Waals surface area contributed by atoms with Gasteiger partial charge in [0.15, 0.2) is 0 Å². The number of rotatable bonds is 8. The summed E-state index contributed by atoms with van der Waals surface area (Å²) in [5, 5.41) is 9.88. The van der Waals surface area contributed by atoms with Crippen LogP contribution in [0, 0.1) is 10.5 Å². The van der Waals surface area contributed by atoms with E-state index in [1.165, 1.54) is 24.3 Å². The highest BCUT2D eigenvalue weighted by Crippen LogP contribution is 2.49. The number of aryl methyl sites for hydroxylation is 1. The Kier molecular flexibility index (Phi) is 9.59. The second-order valence-electron chi connectivity index (χ2n) is 9.61. The minimum Gasteiger partial charge on any atom is -0.374 e. The van der Waals surface area contributed by atoms with Crippen LogP contribution in [0.25, 0.3) is 0 Å². The highest BCUT2D eigenvalue weighted by atomic mass is 127. The Morgan fingerprint density at radius 1 is 1.15 bits per heavy atom. The molecule has 0 spiro atoms. The van der Waals surface area contributed by atoms with Crippen molar-refractivity contribution in [2.24, 2.45) is 5.16 Å². The molecule has 216 valence electrons. The van der Waals surface area contributed by atoms with Crippen molar-refractivity contribution in [2.75, 3.05) is 17.3 Å². The summed E-state index contributed by atoms with van der Waals surface area (Å²) in [5.41, 5.74) is -1.15. The van der Waals surface area contributed by atoms with Gasteiger partial charge < -0.3 is 15.5 Å². The van der Waals surface area contributed by atoms with Crippen LogP contribution in [0.3, 0.4) is 0 Å². The largest absolute Gasteiger partial charge is 0.435 e. The summed E-state index contributed by atoms with van der Waals surface area (Å²) in [6.07, 6.45) is -3.38. The molecule has 3 aromatic rings. The van der Waals surface area contributed by atoms with E-state index in [4.69, 9.17) is 16.4 Å². The number of amides is 2. The lowest BCUT2D eigenvalue weighted by molar-refractivity contribution is -0.275. The third-order valence-corrected chi connectivity index (χ3v) is 8.57. The van der Waals surface area contributed by atoms with Gasteiger partial charge in [-0.2, -0.15) is 24.9 Å². The predicted octanol–water partition coefficient (Wildman–Crippen LogP) is 7.57. The van der Waals surface area contributed by atoms with Crippen molar-refractivity contribution in [2.45, 2.75) is 38.1 Å². The maximum atomic E-state index is 14.5. The van der Waals surface area contributed by atoms with Gasteiger partial charge in [-0.15, -0.1) is 0 Å². The molecule has 0 aromatic heterocycles. The smallest absolute Gasteiger partial charge is 0.374 e. The molecule has 0 saturated heterocycles. The van der Waals surface area contributed by atoms with Gasteiger partial charge in [0.05, 0.1) is 16.8 Å². The van der Waals surface area contributed by atoms with Gasteiger partial charge >= 0.3 is 6.18 Å². The zero-order chi connectivity index (χ0) is 29.9. The van der Waals surface area contributed by atoms with Gasteiger partial charge in [0.1, 0.15) is 0 Å². The van der Waals surface area contributed by atoms with E-state index in [-0.39, 0.29) is 34.4 Å². The summed E-state index contributed by atoms with van der Waals surface area (Å²) >= 11 is 9.50. The van der Waals surface area contributed by atoms with Gasteiger partial charge in [0.25, 0.3) is 17.4 Å². The van der Waals surface area contributed by atoms with E-state index in [0.29, 0.717) is 31.2 Å². The Labute approximate surface area is 258 Å². The molecule has 3 aromatic carbocycles. The second kappa shape index (κ2) is 12.6. The Balaban J connectivity index is 1.59. The van der Waals surface area contributed by atoms with Crippen molar-refractivity contribution in [1.29, 1.82) is 0 Å². The number of alkyl halides is 3. The van der Waals surface area contributed by atoms with E-state index in [1.807, 2.05) is 35.8 Å². The number of benzene rings is 3. The molecular weight excluding hydrogens is 690 g/mol. The molecule has 0 fully saturated rings. The van der Waals surface area contributed by atoms with Crippen LogP contribution in [-0.2, 0) is 10.4 Å². The van der Waals surface area contributed by atoms with Crippen LogP contribution in [-0.4, -0.2) is 41.8 Å². The van der Waals surface area contributed by atoms with E-state index in [1.54, 1.807) is 55.1 Å². The van der Waals surface area contributed by atoms with Crippen LogP contribution in [0.15, 0.2) is 65.8 Å². The Bertz CT molecular complexity index is 1500. The zero-order valence-electron chi connectivity index (χ0n) is 22.2. The number of oxime groups is 1. The minimum absolute atomic E-state index is 0.109. The second-order valence-corrected chi connectivity index (χ2v) is 12.1. The van der Waals surface area contributed by atoms with Crippen LogP contribution in [0.5, 0.6) is 0 Å². The Hall–Kier alpha value is -2.77. The van der Waals surface area contributed by atoms with Gasteiger partial charge in [-0.3, -0.25) is 9.59 Å². The van der Waals surface area contributed by atoms with Crippen LogP contribution in [0.1, 0.15) is 50.8 Å². The first-order valence-corrected chi connectivity index (χ1v) is 15.3. The molecule has 6 nitrogen and oxygen atoms in total. The summed E-state index contributed by atoms with van der Waals surface area (Å²) in [4.78, 5) is 31.5. The van der Waals surface area contributed by atoms with Crippen molar-refractivity contribution < 1.29 is 27.6 Å². The molecule has 2 N–H and O–H groups in total. The summed E-state index contributed by atoms with van der Waals surface area (Å²) in [6.45, 7) is 3.46. The fourth-order valence-electron chi connectivity index (χ4n) is 4.48. The zero-order valence-corrected chi connectivity index (χ0v) is 26.0. The lowest BCUT2D eigenvalue weighted by Gasteiger charge is -2.30. The quantitative estimate of drug-likeness (QED) is 0.236. The van der Waals surface area contributed by atoms with E-state index >= 15 is 0 Å². The number of carbonyl (C=O) groups excluding carboxylic acids is 2. The first kappa shape index (κ1) is 31.2. The van der Waals surface area contributed by atoms with Crippen molar-refractivity contribution in [1.82, 2.24) is 5.32 Å². The maximum absolute atomic E-state index is 14.5. The highest BCUT2D eigenvalue weighted by Gasteiger charge is 2.62. The predicted molar refractivity (Wildman–Crippen MR) is 165 cm³/mol. The lowest BCUT2D eigenvalue weighted by atomic mass is 9.85. The molecule has 0 bridgehead atoms. The molecule has 1 aliphatic heterocycles. The molecule has 12 heteroatoms. The number of hydrogen-bond acceptors (Lipinski definition) is 5. The fraction of sp³-hybridized carbons (Fsp3) is 0.276. The van der Waals surface area contributed by atoms with Gasteiger partial charge in [0, 0.05) is 38.1 Å². The summed E-state index contributed by atoms with van der Waals surface area (Å²) in [7, 11) is 0. The van der Waals surface area contributed by atoms with E-state index in [0.717, 1.165) is 0 Å². The SMILES string of the molecule is CSCC(C)NC(=O)c1c(I)cccc1C(=O)Nc1ccc(C2(C(F)(F)F)CC(c3ccc(Cl)cc3)=NO2)cc1C. The number of carbonyl (C=O) groups is 2. The van der Waals surface area contributed by atoms with Crippen molar-refractivity contribution in [3.05, 3.63) is 97.1 Å². The van der Waals surface area contributed by atoms with Gasteiger partial charge in [-0.25, -0.2) is 0 Å². The van der Waals surface area contributed by atoms with Gasteiger partial charge in [-0.05, 0) is 90.2 Å². The number of thioether (sulfide) groups is 1. The van der Waals surface area contributed by atoms with Crippen molar-refractivity contribution in [3.63, 3.8) is 0 Å². The molecular formula is C29H26ClF3IN3O3S. The molecule has 41 heavy (non-hydrogen) atoms. The number of hydrogen-bond donors (Lipinski definition) is 2. The summed E-state index contributed by atoms with van der Waals surface area (Å²) < 4.78 is 44.1. The average molecular weight is 716 g/mol. The van der Waals surface area contributed by atoms with E-state index in [9.17, 15) is 22.8 Å². The van der Waals surface area contributed by atoms with Crippen molar-refractivity contribution >= 4 is 69.2 Å². The normalized spacial score (nSPS) is 17.4. The van der Waals surface area contributed by atoms with Crippen molar-refractivity contribution in [3.8, 4) is 0 Å². The van der Waals surface area contributed by atoms with Crippen LogP contribution in [0.4, 0.5) is 18.9 Å². The van der Waals surface area contributed by atoms with Crippen LogP contribution in [0.2, 0.25) is 5.02 Å². The number of nitrogens with zero attached hydrogens (tertiary/aromatic N) is 1. The third kappa shape index (κ3) is 6.67. The molecule has 4 rings (SSSR count). The Morgan fingerprint density at radius 2 is 1.85 bits per heavy atom. The number of halogens is 5. The molecule has 2 unspecified atom stereocenters. The summed E-state index contributed by atoms with van der Waals surface area (Å²) in [5.74, 6) is -0.230. The molecule has 0 aliphatic carbocycles. The number of nitrogens with one attached hydrogen (secondary N) is 2.